The summed E-state index contributed by atoms with van der Waals surface area (Å²) in [5.41, 5.74) is 2.83. The number of fused-ring (bicyclic) bond motifs is 4. The highest BCUT2D eigenvalue weighted by Crippen LogP contribution is 2.29. The quantitative estimate of drug-likeness (QED) is 0.906. The number of aromatic nitrogens is 4. The molecule has 138 valence electrons. The van der Waals surface area contributed by atoms with E-state index < -0.39 is 0 Å². The van der Waals surface area contributed by atoms with E-state index in [0.29, 0.717) is 11.5 Å². The fraction of sp³-hybridized carbons (Fsp3) is 0.579. The molecule has 2 atom stereocenters. The van der Waals surface area contributed by atoms with Crippen LogP contribution in [0.1, 0.15) is 47.3 Å². The molecule has 2 aromatic rings. The van der Waals surface area contributed by atoms with Crippen molar-refractivity contribution < 1.29 is 4.79 Å². The van der Waals surface area contributed by atoms with Crippen LogP contribution in [0.4, 0.5) is 0 Å². The molecule has 5 heterocycles. The van der Waals surface area contributed by atoms with Gasteiger partial charge in [0.05, 0.1) is 17.6 Å². The third-order valence-corrected chi connectivity index (χ3v) is 5.63. The number of rotatable bonds is 4. The average molecular weight is 354 g/mol. The van der Waals surface area contributed by atoms with Crippen molar-refractivity contribution in [1.29, 1.82) is 0 Å². The van der Waals surface area contributed by atoms with Crippen LogP contribution in [-0.2, 0) is 13.0 Å². The second-order valence-electron chi connectivity index (χ2n) is 7.46. The summed E-state index contributed by atoms with van der Waals surface area (Å²) in [6.45, 7) is 7.68. The van der Waals surface area contributed by atoms with Gasteiger partial charge >= 0.3 is 0 Å². The second kappa shape index (κ2) is 7.15. The monoisotopic (exact) mass is 354 g/mol. The van der Waals surface area contributed by atoms with Crippen LogP contribution in [0.15, 0.2) is 18.7 Å². The van der Waals surface area contributed by atoms with Gasteiger partial charge in [-0.05, 0) is 25.7 Å². The molecular weight excluding hydrogens is 328 g/mol. The van der Waals surface area contributed by atoms with Gasteiger partial charge in [0, 0.05) is 56.7 Å². The lowest BCUT2D eigenvalue weighted by atomic mass is 9.94. The fourth-order valence-corrected chi connectivity index (χ4v) is 4.13. The SMILES string of the molecule is CCc1ncc(C(=O)N2C[C@H]3CC[C@@H]2CN(Cc2nc[nH]c2C)C3)cn1. The van der Waals surface area contributed by atoms with Gasteiger partial charge in [-0.1, -0.05) is 6.92 Å². The zero-order valence-electron chi connectivity index (χ0n) is 15.5. The van der Waals surface area contributed by atoms with Gasteiger partial charge in [0.15, 0.2) is 0 Å². The van der Waals surface area contributed by atoms with Crippen molar-refractivity contribution in [2.45, 2.75) is 45.7 Å². The Morgan fingerprint density at radius 2 is 2.00 bits per heavy atom. The Morgan fingerprint density at radius 3 is 2.69 bits per heavy atom. The minimum atomic E-state index is 0.0696. The van der Waals surface area contributed by atoms with Crippen molar-refractivity contribution in [3.8, 4) is 0 Å². The van der Waals surface area contributed by atoms with E-state index in [0.717, 1.165) is 56.2 Å². The lowest BCUT2D eigenvalue weighted by Crippen LogP contribution is -2.47. The third-order valence-electron chi connectivity index (χ3n) is 5.63. The van der Waals surface area contributed by atoms with E-state index in [4.69, 9.17) is 0 Å². The van der Waals surface area contributed by atoms with Gasteiger partial charge in [-0.25, -0.2) is 15.0 Å². The summed E-state index contributed by atoms with van der Waals surface area (Å²) in [7, 11) is 0. The van der Waals surface area contributed by atoms with Crippen LogP contribution in [0.25, 0.3) is 0 Å². The average Bonchev–Trinajstić information content (AvgIpc) is 2.88. The Bertz CT molecular complexity index is 771. The molecule has 0 saturated carbocycles. The van der Waals surface area contributed by atoms with E-state index in [2.05, 4.69) is 36.7 Å². The molecule has 1 amide bonds. The van der Waals surface area contributed by atoms with Crippen molar-refractivity contribution in [2.75, 3.05) is 19.6 Å². The van der Waals surface area contributed by atoms with Crippen molar-refractivity contribution in [2.24, 2.45) is 5.92 Å². The van der Waals surface area contributed by atoms with Gasteiger partial charge in [-0.3, -0.25) is 9.69 Å². The lowest BCUT2D eigenvalue weighted by Gasteiger charge is -2.36. The number of nitrogens with zero attached hydrogens (tertiary/aromatic N) is 5. The third kappa shape index (κ3) is 3.35. The number of H-pyrrole nitrogens is 1. The highest BCUT2D eigenvalue weighted by Gasteiger charge is 2.37. The molecule has 3 saturated heterocycles. The fourth-order valence-electron chi connectivity index (χ4n) is 4.13. The Labute approximate surface area is 153 Å². The smallest absolute Gasteiger partial charge is 0.257 e. The van der Waals surface area contributed by atoms with E-state index in [9.17, 15) is 4.79 Å². The van der Waals surface area contributed by atoms with Crippen LogP contribution < -0.4 is 0 Å². The molecule has 3 aliphatic rings. The zero-order chi connectivity index (χ0) is 18.1. The number of amides is 1. The molecule has 5 rings (SSSR count). The predicted molar refractivity (Wildman–Crippen MR) is 97.6 cm³/mol. The summed E-state index contributed by atoms with van der Waals surface area (Å²) < 4.78 is 0. The topological polar surface area (TPSA) is 78.0 Å². The Kier molecular flexibility index (Phi) is 4.72. The molecule has 3 fully saturated rings. The number of aromatic amines is 1. The first-order chi connectivity index (χ1) is 12.6. The summed E-state index contributed by atoms with van der Waals surface area (Å²) in [6.07, 6.45) is 8.16. The second-order valence-corrected chi connectivity index (χ2v) is 7.46. The predicted octanol–water partition coefficient (Wildman–Crippen LogP) is 1.81. The zero-order valence-corrected chi connectivity index (χ0v) is 15.5. The van der Waals surface area contributed by atoms with Crippen LogP contribution in [-0.4, -0.2) is 61.3 Å². The maximum absolute atomic E-state index is 13.0. The van der Waals surface area contributed by atoms with Crippen LogP contribution in [0.5, 0.6) is 0 Å². The van der Waals surface area contributed by atoms with E-state index in [-0.39, 0.29) is 11.9 Å². The maximum Gasteiger partial charge on any atom is 0.257 e. The summed E-state index contributed by atoms with van der Waals surface area (Å²) in [5, 5.41) is 0. The molecule has 2 aromatic heterocycles. The Hall–Kier alpha value is -2.28. The lowest BCUT2D eigenvalue weighted by molar-refractivity contribution is 0.0584. The number of carbonyl (C=O) groups is 1. The molecule has 0 spiro atoms. The molecule has 3 aliphatic heterocycles. The molecular formula is C19H26N6O. The highest BCUT2D eigenvalue weighted by atomic mass is 16.2. The van der Waals surface area contributed by atoms with E-state index in [1.165, 1.54) is 6.42 Å². The molecule has 0 unspecified atom stereocenters. The molecule has 0 aliphatic carbocycles. The molecule has 7 heteroatoms. The summed E-state index contributed by atoms with van der Waals surface area (Å²) >= 11 is 0. The normalized spacial score (nSPS) is 23.2. The van der Waals surface area contributed by atoms with Crippen LogP contribution >= 0.6 is 0 Å². The van der Waals surface area contributed by atoms with Gasteiger partial charge in [-0.2, -0.15) is 0 Å². The number of piperidine rings is 1. The van der Waals surface area contributed by atoms with E-state index in [1.807, 2.05) is 6.92 Å². The minimum absolute atomic E-state index is 0.0696. The first-order valence-electron chi connectivity index (χ1n) is 9.47. The van der Waals surface area contributed by atoms with Crippen molar-refractivity contribution in [3.05, 3.63) is 41.5 Å². The van der Waals surface area contributed by atoms with Gasteiger partial charge < -0.3 is 9.88 Å². The molecule has 1 N–H and O–H groups in total. The first kappa shape index (κ1) is 17.1. The Morgan fingerprint density at radius 1 is 1.19 bits per heavy atom. The van der Waals surface area contributed by atoms with Crippen LogP contribution in [0.3, 0.4) is 0 Å². The number of aryl methyl sites for hydroxylation is 2. The number of hydrogen-bond acceptors (Lipinski definition) is 5. The van der Waals surface area contributed by atoms with Crippen molar-refractivity contribution >= 4 is 5.91 Å². The van der Waals surface area contributed by atoms with E-state index >= 15 is 0 Å². The number of hydrogen-bond donors (Lipinski definition) is 1. The maximum atomic E-state index is 13.0. The summed E-state index contributed by atoms with van der Waals surface area (Å²) in [5.74, 6) is 1.37. The van der Waals surface area contributed by atoms with Gasteiger partial charge in [0.1, 0.15) is 5.82 Å². The minimum Gasteiger partial charge on any atom is -0.348 e. The molecule has 0 aromatic carbocycles. The van der Waals surface area contributed by atoms with Gasteiger partial charge in [-0.15, -0.1) is 0 Å². The largest absolute Gasteiger partial charge is 0.348 e. The number of nitrogens with one attached hydrogen (secondary N) is 1. The van der Waals surface area contributed by atoms with Crippen molar-refractivity contribution in [3.63, 3.8) is 0 Å². The first-order valence-corrected chi connectivity index (χ1v) is 9.47. The molecule has 2 bridgehead atoms. The summed E-state index contributed by atoms with van der Waals surface area (Å²) in [4.78, 5) is 33.7. The van der Waals surface area contributed by atoms with Crippen LogP contribution in [0.2, 0.25) is 0 Å². The highest BCUT2D eigenvalue weighted by molar-refractivity contribution is 5.94. The van der Waals surface area contributed by atoms with Crippen molar-refractivity contribution in [1.82, 2.24) is 29.7 Å². The van der Waals surface area contributed by atoms with Gasteiger partial charge in [0.25, 0.3) is 5.91 Å². The number of imidazole rings is 1. The molecule has 0 radical (unpaired) electrons. The number of carbonyl (C=O) groups excluding carboxylic acids is 1. The molecule has 7 nitrogen and oxygen atoms in total. The van der Waals surface area contributed by atoms with E-state index in [1.54, 1.807) is 18.7 Å². The standard InChI is InChI=1S/C19H26N6O/c1-3-18-20-6-15(7-21-18)19(26)25-9-14-4-5-16(25)10-24(8-14)11-17-13(2)22-12-23-17/h6-7,12,14,16H,3-5,8-11H2,1-2H3,(H,22,23)/t14-,16+/m0/s1. The van der Waals surface area contributed by atoms with Gasteiger partial charge in [0.2, 0.25) is 0 Å². The Balaban J connectivity index is 1.49. The van der Waals surface area contributed by atoms with Crippen LogP contribution in [0, 0.1) is 12.8 Å². The summed E-state index contributed by atoms with van der Waals surface area (Å²) in [6, 6.07) is 0.256. The molecule has 26 heavy (non-hydrogen) atoms.